The Balaban J connectivity index is 2.36. The minimum absolute atomic E-state index is 0.377. The second-order valence-electron chi connectivity index (χ2n) is 5.50. The molecule has 0 spiro atoms. The van der Waals surface area contributed by atoms with Crippen molar-refractivity contribution in [2.75, 3.05) is 0 Å². The summed E-state index contributed by atoms with van der Waals surface area (Å²) in [6.45, 7) is 8.37. The summed E-state index contributed by atoms with van der Waals surface area (Å²) in [6.07, 6.45) is 9.48. The van der Waals surface area contributed by atoms with Gasteiger partial charge in [0.25, 0.3) is 0 Å². The second kappa shape index (κ2) is 5.48. The fourth-order valence-electron chi connectivity index (χ4n) is 2.49. The number of hydrogen-bond donors (Lipinski definition) is 0. The molecule has 0 aromatic rings. The molecule has 1 atom stereocenters. The first kappa shape index (κ1) is 12.5. The monoisotopic (exact) mass is 208 g/mol. The molecule has 0 N–H and O–H groups in total. The van der Waals surface area contributed by atoms with E-state index in [4.69, 9.17) is 0 Å². The first-order valence-electron chi connectivity index (χ1n) is 6.19. The summed E-state index contributed by atoms with van der Waals surface area (Å²) in [5.41, 5.74) is 0.377. The molecular weight excluding hydrogens is 184 g/mol. The molecule has 0 radical (unpaired) electrons. The van der Waals surface area contributed by atoms with E-state index in [9.17, 15) is 4.79 Å². The number of allylic oxidation sites excluding steroid dienone is 1. The molecule has 1 heteroatoms. The molecule has 0 aromatic carbocycles. The van der Waals surface area contributed by atoms with Crippen LogP contribution in [0.15, 0.2) is 12.7 Å². The van der Waals surface area contributed by atoms with Crippen LogP contribution in [0.5, 0.6) is 0 Å². The Morgan fingerprint density at radius 1 is 1.47 bits per heavy atom. The molecular formula is C14H24O. The Morgan fingerprint density at radius 3 is 2.87 bits per heavy atom. The molecule has 1 aliphatic carbocycles. The average molecular weight is 208 g/mol. The second-order valence-corrected chi connectivity index (χ2v) is 5.50. The highest BCUT2D eigenvalue weighted by molar-refractivity contribution is 5.79. The van der Waals surface area contributed by atoms with Crippen molar-refractivity contribution in [2.45, 2.75) is 58.8 Å². The zero-order valence-corrected chi connectivity index (χ0v) is 10.2. The summed E-state index contributed by atoms with van der Waals surface area (Å²) >= 11 is 0. The minimum Gasteiger partial charge on any atom is -0.300 e. The fourth-order valence-corrected chi connectivity index (χ4v) is 2.49. The highest BCUT2D eigenvalue weighted by Gasteiger charge is 2.34. The third-order valence-electron chi connectivity index (χ3n) is 3.84. The van der Waals surface area contributed by atoms with Gasteiger partial charge in [-0.25, -0.2) is 0 Å². The molecule has 0 aromatic heterocycles. The van der Waals surface area contributed by atoms with Gasteiger partial charge in [-0.05, 0) is 37.0 Å². The average Bonchev–Trinajstić information content (AvgIpc) is 2.18. The summed E-state index contributed by atoms with van der Waals surface area (Å²) in [6, 6.07) is 0. The van der Waals surface area contributed by atoms with E-state index < -0.39 is 0 Å². The summed E-state index contributed by atoms with van der Waals surface area (Å²) in [5.74, 6) is 1.09. The molecule has 1 aliphatic rings. The Labute approximate surface area is 93.9 Å². The van der Waals surface area contributed by atoms with Gasteiger partial charge in [-0.15, -0.1) is 6.58 Å². The molecule has 0 saturated heterocycles. The molecule has 0 amide bonds. The molecule has 1 nitrogen and oxygen atoms in total. The first-order chi connectivity index (χ1) is 7.06. The van der Waals surface area contributed by atoms with E-state index in [0.717, 1.165) is 25.7 Å². The number of Topliss-reactive ketones (excluding diaryl/α,β-unsaturated/α-hetero) is 1. The van der Waals surface area contributed by atoms with Crippen LogP contribution in [0.3, 0.4) is 0 Å². The van der Waals surface area contributed by atoms with E-state index in [1.165, 1.54) is 19.3 Å². The van der Waals surface area contributed by atoms with Crippen LogP contribution in [0.25, 0.3) is 0 Å². The maximum Gasteiger partial charge on any atom is 0.133 e. The van der Waals surface area contributed by atoms with E-state index in [0.29, 0.717) is 17.1 Å². The predicted octanol–water partition coefficient (Wildman–Crippen LogP) is 4.13. The molecule has 86 valence electrons. The molecule has 0 heterocycles. The Kier molecular flexibility index (Phi) is 4.56. The lowest BCUT2D eigenvalue weighted by atomic mass is 9.67. The number of carbonyl (C=O) groups excluding carboxylic acids is 1. The summed E-state index contributed by atoms with van der Waals surface area (Å²) in [7, 11) is 0. The normalized spacial score (nSPS) is 25.2. The smallest absolute Gasteiger partial charge is 0.133 e. The van der Waals surface area contributed by atoms with Gasteiger partial charge in [0.15, 0.2) is 0 Å². The van der Waals surface area contributed by atoms with Crippen LogP contribution in [0.2, 0.25) is 0 Å². The van der Waals surface area contributed by atoms with Crippen molar-refractivity contribution < 1.29 is 4.79 Å². The van der Waals surface area contributed by atoms with Crippen LogP contribution in [-0.2, 0) is 4.79 Å². The van der Waals surface area contributed by atoms with Gasteiger partial charge in [-0.2, -0.15) is 0 Å². The van der Waals surface area contributed by atoms with Crippen LogP contribution in [0, 0.1) is 11.3 Å². The summed E-state index contributed by atoms with van der Waals surface area (Å²) in [5, 5.41) is 0. The highest BCUT2D eigenvalue weighted by atomic mass is 16.1. The molecule has 0 bridgehead atoms. The molecule has 1 rings (SSSR count). The lowest BCUT2D eigenvalue weighted by molar-refractivity contribution is -0.124. The quantitative estimate of drug-likeness (QED) is 0.490. The van der Waals surface area contributed by atoms with E-state index >= 15 is 0 Å². The lowest BCUT2D eigenvalue weighted by Gasteiger charge is -2.38. The highest BCUT2D eigenvalue weighted by Crippen LogP contribution is 2.41. The zero-order valence-electron chi connectivity index (χ0n) is 10.2. The summed E-state index contributed by atoms with van der Waals surface area (Å²) in [4.78, 5) is 11.4. The molecule has 1 unspecified atom stereocenters. The van der Waals surface area contributed by atoms with Gasteiger partial charge < -0.3 is 0 Å². The summed E-state index contributed by atoms with van der Waals surface area (Å²) < 4.78 is 0. The predicted molar refractivity (Wildman–Crippen MR) is 64.8 cm³/mol. The van der Waals surface area contributed by atoms with Crippen LogP contribution in [0.1, 0.15) is 58.8 Å². The third-order valence-corrected chi connectivity index (χ3v) is 3.84. The Hall–Kier alpha value is -0.590. The molecule has 0 aliphatic heterocycles. The van der Waals surface area contributed by atoms with Crippen molar-refractivity contribution in [1.82, 2.24) is 0 Å². The number of hydrogen-bond acceptors (Lipinski definition) is 1. The first-order valence-corrected chi connectivity index (χ1v) is 6.19. The van der Waals surface area contributed by atoms with Crippen molar-refractivity contribution in [3.63, 3.8) is 0 Å². The van der Waals surface area contributed by atoms with Crippen LogP contribution >= 0.6 is 0 Å². The third kappa shape index (κ3) is 3.81. The molecule has 1 saturated carbocycles. The molecule has 15 heavy (non-hydrogen) atoms. The number of rotatable bonds is 5. The maximum absolute atomic E-state index is 11.4. The molecule has 1 fully saturated rings. The van der Waals surface area contributed by atoms with Gasteiger partial charge in [0, 0.05) is 12.8 Å². The van der Waals surface area contributed by atoms with Crippen molar-refractivity contribution in [3.05, 3.63) is 12.7 Å². The van der Waals surface area contributed by atoms with E-state index in [1.54, 1.807) is 0 Å². The van der Waals surface area contributed by atoms with Gasteiger partial charge in [0.2, 0.25) is 0 Å². The van der Waals surface area contributed by atoms with Crippen LogP contribution in [-0.4, -0.2) is 5.78 Å². The standard InChI is InChI=1S/C14H24O/c1-4-5-6-7-8-12-11-13(15)9-10-14(12,2)3/h4,12H,1,5-11H2,2-3H3. The lowest BCUT2D eigenvalue weighted by Crippen LogP contribution is -2.31. The maximum atomic E-state index is 11.4. The van der Waals surface area contributed by atoms with Crippen molar-refractivity contribution in [2.24, 2.45) is 11.3 Å². The van der Waals surface area contributed by atoms with Gasteiger partial charge in [-0.1, -0.05) is 26.3 Å². The van der Waals surface area contributed by atoms with Gasteiger partial charge in [0.1, 0.15) is 5.78 Å². The topological polar surface area (TPSA) is 17.1 Å². The van der Waals surface area contributed by atoms with Gasteiger partial charge >= 0.3 is 0 Å². The SMILES string of the molecule is C=CCCCCC1CC(=O)CCC1(C)C. The van der Waals surface area contributed by atoms with E-state index in [2.05, 4.69) is 20.4 Å². The Morgan fingerprint density at radius 2 is 2.20 bits per heavy atom. The largest absolute Gasteiger partial charge is 0.300 e. The minimum atomic E-state index is 0.377. The van der Waals surface area contributed by atoms with Crippen LogP contribution in [0.4, 0.5) is 0 Å². The van der Waals surface area contributed by atoms with Gasteiger partial charge in [-0.3, -0.25) is 4.79 Å². The number of unbranched alkanes of at least 4 members (excludes halogenated alkanes) is 2. The van der Waals surface area contributed by atoms with E-state index in [1.807, 2.05) is 6.08 Å². The van der Waals surface area contributed by atoms with E-state index in [-0.39, 0.29) is 0 Å². The van der Waals surface area contributed by atoms with Crippen LogP contribution < -0.4 is 0 Å². The van der Waals surface area contributed by atoms with Crippen molar-refractivity contribution in [1.29, 1.82) is 0 Å². The van der Waals surface area contributed by atoms with Gasteiger partial charge in [0.05, 0.1) is 0 Å². The number of carbonyl (C=O) groups is 1. The number of ketones is 1. The van der Waals surface area contributed by atoms with Crippen molar-refractivity contribution in [3.8, 4) is 0 Å². The van der Waals surface area contributed by atoms with Crippen molar-refractivity contribution >= 4 is 5.78 Å². The fraction of sp³-hybridized carbons (Fsp3) is 0.786. The zero-order chi connectivity index (χ0) is 11.3. The Bertz CT molecular complexity index is 227.